The van der Waals surface area contributed by atoms with Gasteiger partial charge in [-0.1, -0.05) is 19.3 Å². The molecule has 0 aromatic carbocycles. The number of fused-ring (bicyclic) bond motifs is 2. The maximum absolute atomic E-state index is 6.54. The van der Waals surface area contributed by atoms with E-state index in [4.69, 9.17) is 21.0 Å². The first-order valence-electron chi connectivity index (χ1n) is 11.5. The van der Waals surface area contributed by atoms with Crippen molar-refractivity contribution in [1.29, 1.82) is 0 Å². The van der Waals surface area contributed by atoms with Gasteiger partial charge >= 0.3 is 0 Å². The van der Waals surface area contributed by atoms with E-state index in [1.54, 1.807) is 0 Å². The van der Waals surface area contributed by atoms with Crippen molar-refractivity contribution < 1.29 is 4.42 Å². The average Bonchev–Trinajstić information content (AvgIpc) is 3.26. The molecule has 3 nitrogen and oxygen atoms in total. The summed E-state index contributed by atoms with van der Waals surface area (Å²) in [4.78, 5) is 7.56. The lowest BCUT2D eigenvalue weighted by atomic mass is 9.68. The van der Waals surface area contributed by atoms with Crippen molar-refractivity contribution in [3.8, 4) is 0 Å². The number of aromatic nitrogens is 1. The number of nitrogens with zero attached hydrogens (tertiary/aromatic N) is 2. The summed E-state index contributed by atoms with van der Waals surface area (Å²) in [6.07, 6.45) is 17.7. The van der Waals surface area contributed by atoms with Gasteiger partial charge in [-0.15, -0.1) is 11.6 Å². The number of likely N-dealkylation sites (N-methyl/N-ethyl adjacent to an activating group) is 1. The van der Waals surface area contributed by atoms with E-state index in [0.717, 1.165) is 23.8 Å². The van der Waals surface area contributed by atoms with Crippen LogP contribution in [0.5, 0.6) is 0 Å². The molecule has 2 aliphatic heterocycles. The molecule has 1 aromatic rings. The summed E-state index contributed by atoms with van der Waals surface area (Å²) in [5.41, 5.74) is 0. The first-order chi connectivity index (χ1) is 13.2. The van der Waals surface area contributed by atoms with E-state index < -0.39 is 0 Å². The zero-order valence-corrected chi connectivity index (χ0v) is 17.5. The van der Waals surface area contributed by atoms with Crippen LogP contribution in [0.1, 0.15) is 101 Å². The van der Waals surface area contributed by atoms with Crippen molar-refractivity contribution >= 4 is 11.6 Å². The SMILES string of the molecule is CN1C2CC[C@@H]1C[C@H](C1CCC(Cl)CC1)C2c1ncc(C2CCCCC2)o1. The predicted molar refractivity (Wildman–Crippen MR) is 109 cm³/mol. The minimum absolute atomic E-state index is 0.405. The first-order valence-corrected chi connectivity index (χ1v) is 12.0. The average molecular weight is 391 g/mol. The Bertz CT molecular complexity index is 632. The maximum atomic E-state index is 6.54. The highest BCUT2D eigenvalue weighted by Crippen LogP contribution is 2.52. The van der Waals surface area contributed by atoms with Gasteiger partial charge in [-0.05, 0) is 76.7 Å². The third-order valence-electron chi connectivity index (χ3n) is 8.46. The lowest BCUT2D eigenvalue weighted by Gasteiger charge is -2.46. The van der Waals surface area contributed by atoms with Crippen LogP contribution in [0.4, 0.5) is 0 Å². The van der Waals surface area contributed by atoms with E-state index >= 15 is 0 Å². The van der Waals surface area contributed by atoms with Crippen molar-refractivity contribution in [2.45, 2.75) is 106 Å². The van der Waals surface area contributed by atoms with Gasteiger partial charge in [0, 0.05) is 23.4 Å². The normalized spacial score (nSPS) is 41.1. The van der Waals surface area contributed by atoms with E-state index in [9.17, 15) is 0 Å². The highest BCUT2D eigenvalue weighted by molar-refractivity contribution is 6.20. The summed E-state index contributed by atoms with van der Waals surface area (Å²) in [6, 6.07) is 1.40. The Morgan fingerprint density at radius 2 is 1.78 bits per heavy atom. The van der Waals surface area contributed by atoms with Gasteiger partial charge in [-0.3, -0.25) is 4.90 Å². The smallest absolute Gasteiger partial charge is 0.199 e. The maximum Gasteiger partial charge on any atom is 0.199 e. The first kappa shape index (κ1) is 18.5. The third-order valence-corrected chi connectivity index (χ3v) is 8.89. The monoisotopic (exact) mass is 390 g/mol. The van der Waals surface area contributed by atoms with Gasteiger partial charge in [0.25, 0.3) is 0 Å². The molecule has 27 heavy (non-hydrogen) atoms. The van der Waals surface area contributed by atoms with Crippen LogP contribution in [0.15, 0.2) is 10.6 Å². The molecular weight excluding hydrogens is 356 g/mol. The van der Waals surface area contributed by atoms with Gasteiger partial charge in [0.2, 0.25) is 0 Å². The molecular formula is C23H35ClN2O. The van der Waals surface area contributed by atoms with Crippen LogP contribution >= 0.6 is 11.6 Å². The Labute approximate surface area is 169 Å². The fourth-order valence-corrected chi connectivity index (χ4v) is 7.13. The number of hydrogen-bond donors (Lipinski definition) is 0. The number of piperidine rings is 1. The molecule has 3 heterocycles. The van der Waals surface area contributed by atoms with Crippen LogP contribution < -0.4 is 0 Å². The van der Waals surface area contributed by atoms with Gasteiger partial charge in [0.1, 0.15) is 5.76 Å². The molecule has 2 saturated heterocycles. The summed E-state index contributed by atoms with van der Waals surface area (Å²) in [7, 11) is 2.34. The summed E-state index contributed by atoms with van der Waals surface area (Å²) in [5.74, 6) is 4.89. The van der Waals surface area contributed by atoms with Gasteiger partial charge in [0.05, 0.1) is 12.1 Å². The molecule has 2 saturated carbocycles. The largest absolute Gasteiger partial charge is 0.445 e. The second kappa shape index (κ2) is 7.71. The molecule has 5 rings (SSSR count). The molecule has 150 valence electrons. The van der Waals surface area contributed by atoms with Crippen molar-refractivity contribution in [2.75, 3.05) is 7.05 Å². The zero-order chi connectivity index (χ0) is 18.4. The Morgan fingerprint density at radius 1 is 1.00 bits per heavy atom. The molecule has 2 aliphatic carbocycles. The standard InChI is InChI=1S/C23H35ClN2O/c1-26-18-11-12-20(26)22(19(13-18)15-7-9-17(24)10-8-15)23-25-14-21(27-23)16-5-3-2-4-6-16/h14-20,22H,2-13H2,1H3/t15?,17?,18-,19-,20?,22?/m1/s1. The number of oxazole rings is 1. The van der Waals surface area contributed by atoms with Gasteiger partial charge < -0.3 is 4.42 Å². The fourth-order valence-electron chi connectivity index (χ4n) is 6.88. The van der Waals surface area contributed by atoms with Crippen LogP contribution in [0.3, 0.4) is 0 Å². The molecule has 4 fully saturated rings. The number of hydrogen-bond acceptors (Lipinski definition) is 3. The van der Waals surface area contributed by atoms with E-state index in [1.807, 2.05) is 0 Å². The molecule has 1 aromatic heterocycles. The topological polar surface area (TPSA) is 29.3 Å². The lowest BCUT2D eigenvalue weighted by Crippen LogP contribution is -2.47. The van der Waals surface area contributed by atoms with Crippen molar-refractivity contribution in [3.05, 3.63) is 17.8 Å². The van der Waals surface area contributed by atoms with Crippen LogP contribution in [0.2, 0.25) is 0 Å². The minimum Gasteiger partial charge on any atom is -0.445 e. The highest BCUT2D eigenvalue weighted by atomic mass is 35.5. The Kier molecular flexibility index (Phi) is 5.28. The number of alkyl halides is 1. The molecule has 0 N–H and O–H groups in total. The summed E-state index contributed by atoms with van der Waals surface area (Å²) in [5, 5.41) is 0.405. The van der Waals surface area contributed by atoms with Gasteiger partial charge in [0.15, 0.2) is 5.89 Å². The second-order valence-corrected chi connectivity index (χ2v) is 10.5. The van der Waals surface area contributed by atoms with Gasteiger partial charge in [-0.2, -0.15) is 0 Å². The van der Waals surface area contributed by atoms with Crippen LogP contribution in [-0.2, 0) is 0 Å². The molecule has 4 atom stereocenters. The van der Waals surface area contributed by atoms with E-state index in [2.05, 4.69) is 18.1 Å². The summed E-state index contributed by atoms with van der Waals surface area (Å²) < 4.78 is 6.54. The van der Waals surface area contributed by atoms with Crippen molar-refractivity contribution in [2.24, 2.45) is 11.8 Å². The minimum atomic E-state index is 0.405. The molecule has 2 unspecified atom stereocenters. The predicted octanol–water partition coefficient (Wildman–Crippen LogP) is 6.09. The molecule has 4 heteroatoms. The lowest BCUT2D eigenvalue weighted by molar-refractivity contribution is 0.0515. The Hall–Kier alpha value is -0.540. The van der Waals surface area contributed by atoms with Crippen molar-refractivity contribution in [3.63, 3.8) is 0 Å². The summed E-state index contributed by atoms with van der Waals surface area (Å²) >= 11 is 6.42. The molecule has 4 aliphatic rings. The number of rotatable bonds is 3. The van der Waals surface area contributed by atoms with Crippen LogP contribution in [-0.4, -0.2) is 34.4 Å². The van der Waals surface area contributed by atoms with Crippen molar-refractivity contribution in [1.82, 2.24) is 9.88 Å². The Morgan fingerprint density at radius 3 is 2.56 bits per heavy atom. The van der Waals surface area contributed by atoms with E-state index in [0.29, 0.717) is 23.3 Å². The molecule has 0 spiro atoms. The van der Waals surface area contributed by atoms with Gasteiger partial charge in [-0.25, -0.2) is 4.98 Å². The third kappa shape index (κ3) is 3.48. The van der Waals surface area contributed by atoms with E-state index in [-0.39, 0.29) is 0 Å². The van der Waals surface area contributed by atoms with E-state index in [1.165, 1.54) is 82.8 Å². The number of halogens is 1. The summed E-state index contributed by atoms with van der Waals surface area (Å²) in [6.45, 7) is 0. The molecule has 0 radical (unpaired) electrons. The molecule has 2 bridgehead atoms. The van der Waals surface area contributed by atoms with Crippen LogP contribution in [0.25, 0.3) is 0 Å². The molecule has 0 amide bonds. The quantitative estimate of drug-likeness (QED) is 0.585. The highest BCUT2D eigenvalue weighted by Gasteiger charge is 2.50. The van der Waals surface area contributed by atoms with Crippen LogP contribution in [0, 0.1) is 11.8 Å². The second-order valence-electron chi connectivity index (χ2n) is 9.84. The fraction of sp³-hybridized carbons (Fsp3) is 0.870. The Balaban J connectivity index is 1.41. The zero-order valence-electron chi connectivity index (χ0n) is 16.8.